The smallest absolute Gasteiger partial charge is 0.119 e. The summed E-state index contributed by atoms with van der Waals surface area (Å²) in [5.41, 5.74) is 2.57. The van der Waals surface area contributed by atoms with E-state index in [4.69, 9.17) is 9.47 Å². The zero-order valence-electron chi connectivity index (χ0n) is 12.3. The molecule has 0 fully saturated rings. The molecule has 0 saturated heterocycles. The lowest BCUT2D eigenvalue weighted by atomic mass is 10.2. The van der Waals surface area contributed by atoms with Crippen molar-refractivity contribution in [2.75, 3.05) is 20.3 Å². The summed E-state index contributed by atoms with van der Waals surface area (Å²) >= 11 is 1.70. The lowest BCUT2D eigenvalue weighted by molar-refractivity contribution is 0.106. The molecule has 1 heterocycles. The Morgan fingerprint density at radius 3 is 2.52 bits per heavy atom. The molecule has 114 valence electrons. The number of aliphatic hydroxyl groups excluding tert-OH is 1. The summed E-state index contributed by atoms with van der Waals surface area (Å²) in [7, 11) is 1.63. The van der Waals surface area contributed by atoms with Crippen LogP contribution in [0, 0.1) is 6.92 Å². The molecule has 1 unspecified atom stereocenters. The molecule has 0 aliphatic carbocycles. The van der Waals surface area contributed by atoms with E-state index in [-0.39, 0.29) is 6.61 Å². The molecule has 0 aliphatic heterocycles. The molecule has 2 rings (SSSR count). The van der Waals surface area contributed by atoms with Crippen molar-refractivity contribution in [3.63, 3.8) is 0 Å². The zero-order chi connectivity index (χ0) is 15.1. The largest absolute Gasteiger partial charge is 0.497 e. The average Bonchev–Trinajstić information content (AvgIpc) is 2.91. The quantitative estimate of drug-likeness (QED) is 0.787. The monoisotopic (exact) mass is 307 g/mol. The molecular formula is C16H21NO3S. The number of ether oxygens (including phenoxy) is 2. The van der Waals surface area contributed by atoms with Gasteiger partial charge in [-0.15, -0.1) is 0 Å². The van der Waals surface area contributed by atoms with Crippen LogP contribution in [0.5, 0.6) is 11.5 Å². The predicted octanol–water partition coefficient (Wildman–Crippen LogP) is 2.59. The first-order chi connectivity index (χ1) is 10.2. The summed E-state index contributed by atoms with van der Waals surface area (Å²) < 4.78 is 10.6. The first-order valence-electron chi connectivity index (χ1n) is 6.86. The maximum atomic E-state index is 9.90. The summed E-state index contributed by atoms with van der Waals surface area (Å²) in [5.74, 6) is 1.51. The zero-order valence-corrected chi connectivity index (χ0v) is 13.2. The fourth-order valence-corrected chi connectivity index (χ4v) is 2.72. The van der Waals surface area contributed by atoms with Gasteiger partial charge < -0.3 is 19.9 Å². The fraction of sp³-hybridized carbons (Fsp3) is 0.375. The SMILES string of the molecule is COc1ccc(OCC(O)CNCc2cscc2C)cc1. The summed E-state index contributed by atoms with van der Waals surface area (Å²) in [5, 5.41) is 17.4. The van der Waals surface area contributed by atoms with Crippen LogP contribution in [0.25, 0.3) is 0 Å². The van der Waals surface area contributed by atoms with Crippen molar-refractivity contribution in [2.45, 2.75) is 19.6 Å². The van der Waals surface area contributed by atoms with Gasteiger partial charge in [0.05, 0.1) is 7.11 Å². The number of benzene rings is 1. The van der Waals surface area contributed by atoms with Crippen LogP contribution in [0.15, 0.2) is 35.0 Å². The molecule has 5 heteroatoms. The van der Waals surface area contributed by atoms with E-state index in [0.717, 1.165) is 18.0 Å². The van der Waals surface area contributed by atoms with Gasteiger partial charge in [0.15, 0.2) is 0 Å². The Hall–Kier alpha value is -1.56. The Labute approximate surface area is 129 Å². The Morgan fingerprint density at radius 1 is 1.19 bits per heavy atom. The Bertz CT molecular complexity index is 539. The van der Waals surface area contributed by atoms with Gasteiger partial charge >= 0.3 is 0 Å². The molecule has 0 spiro atoms. The lowest BCUT2D eigenvalue weighted by Gasteiger charge is -2.13. The molecule has 2 N–H and O–H groups in total. The summed E-state index contributed by atoms with van der Waals surface area (Å²) in [6.07, 6.45) is -0.536. The number of rotatable bonds is 8. The molecule has 1 aromatic heterocycles. The van der Waals surface area contributed by atoms with E-state index in [0.29, 0.717) is 6.54 Å². The fourth-order valence-electron chi connectivity index (χ4n) is 1.86. The summed E-state index contributed by atoms with van der Waals surface area (Å²) in [4.78, 5) is 0. The Morgan fingerprint density at radius 2 is 1.90 bits per heavy atom. The predicted molar refractivity (Wildman–Crippen MR) is 85.3 cm³/mol. The normalized spacial score (nSPS) is 12.1. The van der Waals surface area contributed by atoms with Crippen molar-refractivity contribution in [3.8, 4) is 11.5 Å². The highest BCUT2D eigenvalue weighted by Gasteiger charge is 2.06. The molecule has 0 bridgehead atoms. The van der Waals surface area contributed by atoms with Gasteiger partial charge in [0.25, 0.3) is 0 Å². The van der Waals surface area contributed by atoms with Gasteiger partial charge in [-0.3, -0.25) is 0 Å². The van der Waals surface area contributed by atoms with Gasteiger partial charge in [-0.25, -0.2) is 0 Å². The number of thiophene rings is 1. The van der Waals surface area contributed by atoms with E-state index in [2.05, 4.69) is 23.0 Å². The average molecular weight is 307 g/mol. The van der Waals surface area contributed by atoms with Crippen molar-refractivity contribution in [3.05, 3.63) is 46.2 Å². The van der Waals surface area contributed by atoms with Crippen LogP contribution in [-0.4, -0.2) is 31.5 Å². The van der Waals surface area contributed by atoms with Gasteiger partial charge in [-0.2, -0.15) is 11.3 Å². The van der Waals surface area contributed by atoms with Gasteiger partial charge in [0.2, 0.25) is 0 Å². The minimum atomic E-state index is -0.536. The molecule has 0 aliphatic rings. The molecule has 0 radical (unpaired) electrons. The van der Waals surface area contributed by atoms with Crippen LogP contribution in [0.3, 0.4) is 0 Å². The van der Waals surface area contributed by atoms with Crippen molar-refractivity contribution in [1.29, 1.82) is 0 Å². The summed E-state index contributed by atoms with van der Waals surface area (Å²) in [6.45, 7) is 3.64. The summed E-state index contributed by atoms with van der Waals surface area (Å²) in [6, 6.07) is 7.32. The van der Waals surface area contributed by atoms with Gasteiger partial charge in [-0.05, 0) is 53.1 Å². The van der Waals surface area contributed by atoms with E-state index < -0.39 is 6.10 Å². The van der Waals surface area contributed by atoms with Crippen LogP contribution in [0.4, 0.5) is 0 Å². The highest BCUT2D eigenvalue weighted by atomic mass is 32.1. The molecular weight excluding hydrogens is 286 g/mol. The van der Waals surface area contributed by atoms with Crippen molar-refractivity contribution >= 4 is 11.3 Å². The van der Waals surface area contributed by atoms with Gasteiger partial charge in [0.1, 0.15) is 24.2 Å². The van der Waals surface area contributed by atoms with Crippen LogP contribution in [-0.2, 0) is 6.54 Å². The minimum Gasteiger partial charge on any atom is -0.497 e. The molecule has 1 atom stereocenters. The first kappa shape index (κ1) is 15.8. The topological polar surface area (TPSA) is 50.7 Å². The third-order valence-corrected chi connectivity index (χ3v) is 4.07. The van der Waals surface area contributed by atoms with Crippen LogP contribution >= 0.6 is 11.3 Å². The maximum Gasteiger partial charge on any atom is 0.119 e. The van der Waals surface area contributed by atoms with Gasteiger partial charge in [-0.1, -0.05) is 0 Å². The number of nitrogens with one attached hydrogen (secondary N) is 1. The minimum absolute atomic E-state index is 0.266. The van der Waals surface area contributed by atoms with Gasteiger partial charge in [0, 0.05) is 13.1 Å². The van der Waals surface area contributed by atoms with Crippen LogP contribution in [0.1, 0.15) is 11.1 Å². The van der Waals surface area contributed by atoms with Crippen LogP contribution in [0.2, 0.25) is 0 Å². The maximum absolute atomic E-state index is 9.90. The third-order valence-electron chi connectivity index (χ3n) is 3.16. The van der Waals surface area contributed by atoms with Crippen LogP contribution < -0.4 is 14.8 Å². The molecule has 4 nitrogen and oxygen atoms in total. The van der Waals surface area contributed by atoms with E-state index >= 15 is 0 Å². The number of aryl methyl sites for hydroxylation is 1. The number of aliphatic hydroxyl groups is 1. The third kappa shape index (κ3) is 5.04. The molecule has 21 heavy (non-hydrogen) atoms. The van der Waals surface area contributed by atoms with E-state index in [1.807, 2.05) is 24.3 Å². The molecule has 0 amide bonds. The second-order valence-corrected chi connectivity index (χ2v) is 5.59. The second kappa shape index (κ2) is 8.02. The highest BCUT2D eigenvalue weighted by molar-refractivity contribution is 7.08. The van der Waals surface area contributed by atoms with E-state index in [9.17, 15) is 5.11 Å². The Kier molecular flexibility index (Phi) is 6.04. The first-order valence-corrected chi connectivity index (χ1v) is 7.80. The van der Waals surface area contributed by atoms with Crippen molar-refractivity contribution in [1.82, 2.24) is 5.32 Å². The standard InChI is InChI=1S/C16H21NO3S/c1-12-10-21-11-13(12)7-17-8-14(18)9-20-16-5-3-15(19-2)4-6-16/h3-6,10-11,14,17-18H,7-9H2,1-2H3. The van der Waals surface area contributed by atoms with Crippen molar-refractivity contribution < 1.29 is 14.6 Å². The highest BCUT2D eigenvalue weighted by Crippen LogP contribution is 2.17. The lowest BCUT2D eigenvalue weighted by Crippen LogP contribution is -2.31. The molecule has 1 aromatic carbocycles. The Balaban J connectivity index is 1.67. The molecule has 2 aromatic rings. The van der Waals surface area contributed by atoms with E-state index in [1.165, 1.54) is 11.1 Å². The van der Waals surface area contributed by atoms with Crippen molar-refractivity contribution in [2.24, 2.45) is 0 Å². The number of hydrogen-bond acceptors (Lipinski definition) is 5. The second-order valence-electron chi connectivity index (χ2n) is 4.85. The van der Waals surface area contributed by atoms with E-state index in [1.54, 1.807) is 18.4 Å². The number of hydrogen-bond donors (Lipinski definition) is 2. The molecule has 0 saturated carbocycles. The number of methoxy groups -OCH3 is 1.